The number of fused-ring (bicyclic) bond motifs is 1. The molecule has 1 heterocycles. The predicted octanol–water partition coefficient (Wildman–Crippen LogP) is 3.35. The second kappa shape index (κ2) is 5.16. The Kier molecular flexibility index (Phi) is 3.19. The number of phenolic OH excluding ortho intramolecular Hbond substituents is 1. The van der Waals surface area contributed by atoms with Crippen molar-refractivity contribution in [3.05, 3.63) is 58.5 Å². The van der Waals surface area contributed by atoms with Gasteiger partial charge in [-0.15, -0.1) is 10.2 Å². The third-order valence-corrected chi connectivity index (χ3v) is 2.99. The molecule has 104 valence electrons. The highest BCUT2D eigenvalue weighted by atomic mass is 16.3. The van der Waals surface area contributed by atoms with Gasteiger partial charge in [0.2, 0.25) is 5.95 Å². The Morgan fingerprint density at radius 3 is 2.76 bits per heavy atom. The van der Waals surface area contributed by atoms with Gasteiger partial charge >= 0.3 is 0 Å². The summed E-state index contributed by atoms with van der Waals surface area (Å²) in [6.07, 6.45) is 0. The molecule has 3 aromatic rings. The number of aromatic amines is 1. The molecule has 0 aliphatic rings. The van der Waals surface area contributed by atoms with Crippen LogP contribution in [0.2, 0.25) is 0 Å². The Bertz CT molecular complexity index is 900. The fourth-order valence-corrected chi connectivity index (χ4v) is 2.04. The van der Waals surface area contributed by atoms with E-state index in [0.717, 1.165) is 5.39 Å². The van der Waals surface area contributed by atoms with Crippen molar-refractivity contribution >= 4 is 22.4 Å². The van der Waals surface area contributed by atoms with Gasteiger partial charge in [0.25, 0.3) is 5.56 Å². The van der Waals surface area contributed by atoms with Crippen LogP contribution in [0.5, 0.6) is 5.75 Å². The summed E-state index contributed by atoms with van der Waals surface area (Å²) in [4.78, 5) is 17.8. The highest BCUT2D eigenvalue weighted by Crippen LogP contribution is 2.34. The lowest BCUT2D eigenvalue weighted by Gasteiger charge is -2.02. The molecule has 1 aromatic heterocycles. The molecule has 0 saturated carbocycles. The van der Waals surface area contributed by atoms with Crippen LogP contribution in [0, 0.1) is 6.92 Å². The van der Waals surface area contributed by atoms with Crippen molar-refractivity contribution in [2.75, 3.05) is 0 Å². The molecule has 21 heavy (non-hydrogen) atoms. The third-order valence-electron chi connectivity index (χ3n) is 2.99. The molecule has 6 heteroatoms. The summed E-state index contributed by atoms with van der Waals surface area (Å²) in [5, 5.41) is 19.6. The molecule has 0 unspecified atom stereocenters. The van der Waals surface area contributed by atoms with Gasteiger partial charge < -0.3 is 5.11 Å². The molecule has 2 aromatic carbocycles. The van der Waals surface area contributed by atoms with E-state index in [1.165, 1.54) is 6.07 Å². The molecule has 0 fully saturated rings. The van der Waals surface area contributed by atoms with Crippen LogP contribution in [-0.2, 0) is 0 Å². The van der Waals surface area contributed by atoms with E-state index in [1.54, 1.807) is 19.1 Å². The number of aromatic nitrogens is 2. The number of aryl methyl sites for hydroxylation is 1. The monoisotopic (exact) mass is 280 g/mol. The molecule has 0 saturated heterocycles. The second-order valence-electron chi connectivity index (χ2n) is 4.56. The van der Waals surface area contributed by atoms with E-state index in [9.17, 15) is 9.90 Å². The quantitative estimate of drug-likeness (QED) is 0.705. The molecule has 2 N–H and O–H groups in total. The number of H-pyrrole nitrogens is 1. The maximum atomic E-state index is 11.3. The van der Waals surface area contributed by atoms with Crippen molar-refractivity contribution in [2.24, 2.45) is 10.2 Å². The molecule has 0 aliphatic heterocycles. The average molecular weight is 280 g/mol. The minimum Gasteiger partial charge on any atom is -0.505 e. The topological polar surface area (TPSA) is 90.7 Å². The van der Waals surface area contributed by atoms with E-state index in [0.29, 0.717) is 16.8 Å². The number of hydrogen-bond donors (Lipinski definition) is 2. The lowest BCUT2D eigenvalue weighted by Crippen LogP contribution is -2.05. The summed E-state index contributed by atoms with van der Waals surface area (Å²) in [6, 6.07) is 12.3. The first-order chi connectivity index (χ1) is 10.1. The largest absolute Gasteiger partial charge is 0.505 e. The number of hydrogen-bond acceptors (Lipinski definition) is 5. The number of phenols is 1. The van der Waals surface area contributed by atoms with Crippen molar-refractivity contribution in [1.82, 2.24) is 9.97 Å². The van der Waals surface area contributed by atoms with Crippen LogP contribution in [0.3, 0.4) is 0 Å². The normalized spacial score (nSPS) is 11.3. The standard InChI is InChI=1S/C15H12N4O2/c1-9-8-13(20)17-15(16-9)19-18-12-7-6-10-4-2-3-5-11(10)14(12)21/h2-8,21H,1H3,(H,16,17,20). The molecule has 3 rings (SSSR count). The number of azo groups is 1. The van der Waals surface area contributed by atoms with Crippen LogP contribution in [0.1, 0.15) is 5.69 Å². The zero-order valence-corrected chi connectivity index (χ0v) is 11.2. The minimum atomic E-state index is -0.292. The fourth-order valence-electron chi connectivity index (χ4n) is 2.04. The third kappa shape index (κ3) is 2.64. The molecule has 6 nitrogen and oxygen atoms in total. The van der Waals surface area contributed by atoms with Gasteiger partial charge in [-0.1, -0.05) is 30.3 Å². The summed E-state index contributed by atoms with van der Waals surface area (Å²) in [7, 11) is 0. The zero-order valence-electron chi connectivity index (χ0n) is 11.2. The summed E-state index contributed by atoms with van der Waals surface area (Å²) >= 11 is 0. The van der Waals surface area contributed by atoms with E-state index >= 15 is 0 Å². The average Bonchev–Trinajstić information content (AvgIpc) is 2.46. The Hall–Kier alpha value is -3.02. The first-order valence-corrected chi connectivity index (χ1v) is 6.34. The van der Waals surface area contributed by atoms with E-state index in [1.807, 2.05) is 24.3 Å². The lowest BCUT2D eigenvalue weighted by molar-refractivity contribution is 0.482. The highest BCUT2D eigenvalue weighted by molar-refractivity contribution is 5.92. The van der Waals surface area contributed by atoms with E-state index in [2.05, 4.69) is 20.2 Å². The van der Waals surface area contributed by atoms with Crippen molar-refractivity contribution in [2.45, 2.75) is 6.92 Å². The van der Waals surface area contributed by atoms with Crippen LogP contribution in [-0.4, -0.2) is 15.1 Å². The number of nitrogens with one attached hydrogen (secondary N) is 1. The van der Waals surface area contributed by atoms with Gasteiger partial charge in [-0.3, -0.25) is 9.78 Å². The van der Waals surface area contributed by atoms with Crippen LogP contribution in [0.25, 0.3) is 10.8 Å². The van der Waals surface area contributed by atoms with Crippen LogP contribution < -0.4 is 5.56 Å². The molecular weight excluding hydrogens is 268 g/mol. The van der Waals surface area contributed by atoms with Gasteiger partial charge in [0.1, 0.15) is 5.69 Å². The van der Waals surface area contributed by atoms with Gasteiger partial charge in [0, 0.05) is 17.1 Å². The first kappa shape index (κ1) is 13.0. The Morgan fingerprint density at radius 2 is 1.95 bits per heavy atom. The van der Waals surface area contributed by atoms with Crippen LogP contribution >= 0.6 is 0 Å². The number of benzene rings is 2. The summed E-state index contributed by atoms with van der Waals surface area (Å²) in [5.41, 5.74) is 0.576. The molecule has 0 aliphatic carbocycles. The second-order valence-corrected chi connectivity index (χ2v) is 4.56. The van der Waals surface area contributed by atoms with Crippen molar-refractivity contribution in [1.29, 1.82) is 0 Å². The van der Waals surface area contributed by atoms with Gasteiger partial charge in [-0.05, 0) is 18.4 Å². The molecule has 0 amide bonds. The van der Waals surface area contributed by atoms with Crippen LogP contribution in [0.4, 0.5) is 11.6 Å². The van der Waals surface area contributed by atoms with Gasteiger partial charge in [0.05, 0.1) is 0 Å². The van der Waals surface area contributed by atoms with E-state index in [4.69, 9.17) is 0 Å². The van der Waals surface area contributed by atoms with Gasteiger partial charge in [-0.25, -0.2) is 4.98 Å². The number of nitrogens with zero attached hydrogens (tertiary/aromatic N) is 3. The Morgan fingerprint density at radius 1 is 1.14 bits per heavy atom. The summed E-state index contributed by atoms with van der Waals surface area (Å²) in [6.45, 7) is 1.70. The molecule has 0 spiro atoms. The van der Waals surface area contributed by atoms with Crippen molar-refractivity contribution in [3.63, 3.8) is 0 Å². The Balaban J connectivity index is 2.03. The lowest BCUT2D eigenvalue weighted by atomic mass is 10.1. The summed E-state index contributed by atoms with van der Waals surface area (Å²) in [5.74, 6) is 0.152. The molecular formula is C15H12N4O2. The van der Waals surface area contributed by atoms with E-state index in [-0.39, 0.29) is 17.3 Å². The maximum absolute atomic E-state index is 11.3. The SMILES string of the molecule is Cc1cc(=O)[nH]c(N=Nc2ccc3ccccc3c2O)n1. The van der Waals surface area contributed by atoms with Crippen molar-refractivity contribution < 1.29 is 5.11 Å². The fraction of sp³-hybridized carbons (Fsp3) is 0.0667. The van der Waals surface area contributed by atoms with Crippen LogP contribution in [0.15, 0.2) is 57.5 Å². The van der Waals surface area contributed by atoms with Crippen molar-refractivity contribution in [3.8, 4) is 5.75 Å². The summed E-state index contributed by atoms with van der Waals surface area (Å²) < 4.78 is 0. The maximum Gasteiger partial charge on any atom is 0.252 e. The molecule has 0 atom stereocenters. The zero-order chi connectivity index (χ0) is 14.8. The Labute approximate surface area is 119 Å². The van der Waals surface area contributed by atoms with Gasteiger partial charge in [0.15, 0.2) is 5.75 Å². The minimum absolute atomic E-state index is 0.0480. The smallest absolute Gasteiger partial charge is 0.252 e. The van der Waals surface area contributed by atoms with E-state index < -0.39 is 0 Å². The van der Waals surface area contributed by atoms with Gasteiger partial charge in [-0.2, -0.15) is 0 Å². The predicted molar refractivity (Wildman–Crippen MR) is 79.4 cm³/mol. The molecule has 0 radical (unpaired) electrons. The number of rotatable bonds is 2. The molecule has 0 bridgehead atoms. The highest BCUT2D eigenvalue weighted by Gasteiger charge is 2.05. The number of aromatic hydroxyl groups is 1. The first-order valence-electron chi connectivity index (χ1n) is 6.34.